The van der Waals surface area contributed by atoms with Gasteiger partial charge in [-0.15, -0.1) is 0 Å². The van der Waals surface area contributed by atoms with Crippen molar-refractivity contribution < 1.29 is 30.0 Å². The number of benzene rings is 1. The molecule has 45 heavy (non-hydrogen) atoms. The van der Waals surface area contributed by atoms with Crippen LogP contribution in [0.2, 0.25) is 0 Å². The molecule has 4 fully saturated rings. The number of ether oxygens (including phenoxy) is 1. The summed E-state index contributed by atoms with van der Waals surface area (Å²) in [5, 5.41) is 40.6. The van der Waals surface area contributed by atoms with Gasteiger partial charge in [0.1, 0.15) is 6.10 Å². The van der Waals surface area contributed by atoms with Crippen LogP contribution >= 0.6 is 0 Å². The molecule has 0 saturated heterocycles. The van der Waals surface area contributed by atoms with Crippen LogP contribution in [-0.4, -0.2) is 44.7 Å². The van der Waals surface area contributed by atoms with E-state index in [1.54, 1.807) is 12.1 Å². The molecule has 250 valence electrons. The largest absolute Gasteiger partial charge is 0.504 e. The lowest BCUT2D eigenvalue weighted by Crippen LogP contribution is -2.64. The van der Waals surface area contributed by atoms with Crippen LogP contribution in [-0.2, 0) is 9.53 Å². The van der Waals surface area contributed by atoms with Crippen LogP contribution in [0.3, 0.4) is 0 Å². The van der Waals surface area contributed by atoms with Crippen molar-refractivity contribution in [1.82, 2.24) is 0 Å². The number of aliphatic hydroxyl groups is 2. The first-order valence-electron chi connectivity index (χ1n) is 17.4. The van der Waals surface area contributed by atoms with Crippen LogP contribution in [0.25, 0.3) is 6.08 Å². The van der Waals surface area contributed by atoms with E-state index in [0.717, 1.165) is 44.1 Å². The molecule has 6 heteroatoms. The molecule has 0 spiro atoms. The molecule has 1 aromatic carbocycles. The molecule has 9 atom stereocenters. The summed E-state index contributed by atoms with van der Waals surface area (Å²) in [7, 11) is 0. The molecular weight excluding hydrogens is 564 g/mol. The first-order chi connectivity index (χ1) is 21.0. The minimum Gasteiger partial charge on any atom is -0.504 e. The van der Waals surface area contributed by atoms with E-state index >= 15 is 0 Å². The van der Waals surface area contributed by atoms with Crippen LogP contribution in [0, 0.1) is 45.3 Å². The predicted octanol–water partition coefficient (Wildman–Crippen LogP) is 8.18. The first kappa shape index (κ1) is 34.0. The summed E-state index contributed by atoms with van der Waals surface area (Å²) in [6.45, 7) is 16.4. The van der Waals surface area contributed by atoms with Crippen molar-refractivity contribution in [3.05, 3.63) is 41.5 Å². The summed E-state index contributed by atoms with van der Waals surface area (Å²) >= 11 is 0. The van der Waals surface area contributed by atoms with Gasteiger partial charge in [0.15, 0.2) is 11.5 Å². The van der Waals surface area contributed by atoms with Gasteiger partial charge >= 0.3 is 5.97 Å². The molecule has 4 N–H and O–H groups in total. The fraction of sp³-hybridized carbons (Fsp3) is 0.718. The van der Waals surface area contributed by atoms with Crippen molar-refractivity contribution in [1.29, 1.82) is 0 Å². The van der Waals surface area contributed by atoms with E-state index in [0.29, 0.717) is 29.2 Å². The average molecular weight is 623 g/mol. The molecule has 0 heterocycles. The number of allylic oxidation sites excluding steroid dienone is 1. The summed E-state index contributed by atoms with van der Waals surface area (Å²) in [4.78, 5) is 13.0. The Labute approximate surface area is 271 Å². The molecule has 9 unspecified atom stereocenters. The molecule has 4 aliphatic carbocycles. The van der Waals surface area contributed by atoms with Crippen molar-refractivity contribution in [3.63, 3.8) is 0 Å². The molecule has 6 nitrogen and oxygen atoms in total. The molecular formula is C39H58O6. The summed E-state index contributed by atoms with van der Waals surface area (Å²) in [6, 6.07) is 4.48. The number of hydrogen-bond donors (Lipinski definition) is 4. The van der Waals surface area contributed by atoms with Gasteiger partial charge in [0.05, 0.1) is 12.2 Å². The standard InChI is InChI=1S/C39H58O6/c1-25(24-40)9-8-19-39(7,44)28-16-21-37(5)27(28)12-14-32-36(4)20-18-33(35(2,3)31(36)17-22-38(32,37)6)45-34(43)15-11-26-10-13-29(41)30(42)23-26/h9-11,13,15,23,27-28,31-33,40-42,44H,8,12,14,16-22,24H2,1-7H3. The summed E-state index contributed by atoms with van der Waals surface area (Å²) < 4.78 is 6.15. The zero-order valence-electron chi connectivity index (χ0n) is 28.7. The average Bonchev–Trinajstić information content (AvgIpc) is 3.34. The van der Waals surface area contributed by atoms with Crippen molar-refractivity contribution >= 4 is 12.0 Å². The Morgan fingerprint density at radius 1 is 0.956 bits per heavy atom. The highest BCUT2D eigenvalue weighted by molar-refractivity contribution is 5.87. The highest BCUT2D eigenvalue weighted by Gasteiger charge is 2.69. The zero-order valence-corrected chi connectivity index (χ0v) is 28.7. The number of hydrogen-bond acceptors (Lipinski definition) is 6. The van der Waals surface area contributed by atoms with Gasteiger partial charge in [-0.25, -0.2) is 4.79 Å². The Morgan fingerprint density at radius 2 is 1.67 bits per heavy atom. The molecule has 0 aromatic heterocycles. The van der Waals surface area contributed by atoms with E-state index in [-0.39, 0.29) is 51.8 Å². The van der Waals surface area contributed by atoms with Crippen molar-refractivity contribution in [2.75, 3.05) is 6.61 Å². The normalized spacial score (nSPS) is 39.0. The highest BCUT2D eigenvalue weighted by atomic mass is 16.5. The lowest BCUT2D eigenvalue weighted by Gasteiger charge is -2.70. The third-order valence-electron chi connectivity index (χ3n) is 14.2. The molecule has 0 bridgehead atoms. The van der Waals surface area contributed by atoms with Gasteiger partial charge in [-0.05, 0) is 142 Å². The van der Waals surface area contributed by atoms with E-state index in [1.807, 2.05) is 6.92 Å². The first-order valence-corrected chi connectivity index (χ1v) is 17.4. The number of esters is 1. The number of phenols is 2. The third-order valence-corrected chi connectivity index (χ3v) is 14.2. The van der Waals surface area contributed by atoms with Gasteiger partial charge < -0.3 is 25.2 Å². The lowest BCUT2D eigenvalue weighted by molar-refractivity contribution is -0.229. The van der Waals surface area contributed by atoms with E-state index in [4.69, 9.17) is 4.74 Å². The second kappa shape index (κ2) is 12.0. The number of fused-ring (bicyclic) bond motifs is 5. The van der Waals surface area contributed by atoms with Crippen LogP contribution in [0.5, 0.6) is 11.5 Å². The second-order valence-corrected chi connectivity index (χ2v) is 16.8. The van der Waals surface area contributed by atoms with E-state index < -0.39 is 5.60 Å². The summed E-state index contributed by atoms with van der Waals surface area (Å²) in [5.41, 5.74) is 1.29. The number of phenolic OH excluding ortho intramolecular Hbond substituents is 2. The van der Waals surface area contributed by atoms with Gasteiger partial charge in [-0.3, -0.25) is 0 Å². The van der Waals surface area contributed by atoms with Crippen LogP contribution in [0.1, 0.15) is 118 Å². The maximum Gasteiger partial charge on any atom is 0.331 e. The number of carbonyl (C=O) groups is 1. The van der Waals surface area contributed by atoms with Crippen LogP contribution < -0.4 is 0 Å². The zero-order chi connectivity index (χ0) is 33.0. The van der Waals surface area contributed by atoms with Crippen LogP contribution in [0.4, 0.5) is 0 Å². The number of rotatable bonds is 8. The topological polar surface area (TPSA) is 107 Å². The van der Waals surface area contributed by atoms with Gasteiger partial charge in [0.2, 0.25) is 0 Å². The monoisotopic (exact) mass is 622 g/mol. The molecule has 5 rings (SSSR count). The minimum absolute atomic E-state index is 0.0793. The Balaban J connectivity index is 1.30. The van der Waals surface area contributed by atoms with Crippen molar-refractivity contribution in [3.8, 4) is 11.5 Å². The quantitative estimate of drug-likeness (QED) is 0.101. The van der Waals surface area contributed by atoms with Crippen LogP contribution in [0.15, 0.2) is 35.9 Å². The summed E-state index contributed by atoms with van der Waals surface area (Å²) in [5.74, 6) is 1.10. The molecule has 4 saturated carbocycles. The highest BCUT2D eigenvalue weighted by Crippen LogP contribution is 2.76. The van der Waals surface area contributed by atoms with Gasteiger partial charge in [-0.2, -0.15) is 0 Å². The molecule has 0 amide bonds. The maximum atomic E-state index is 13.0. The number of carbonyl (C=O) groups excluding carboxylic acids is 1. The molecule has 0 radical (unpaired) electrons. The number of aromatic hydroxyl groups is 2. The minimum atomic E-state index is -0.708. The Bertz CT molecular complexity index is 1330. The second-order valence-electron chi connectivity index (χ2n) is 16.8. The van der Waals surface area contributed by atoms with E-state index in [1.165, 1.54) is 43.9 Å². The third kappa shape index (κ3) is 5.77. The van der Waals surface area contributed by atoms with E-state index in [2.05, 4.69) is 47.6 Å². The lowest BCUT2D eigenvalue weighted by atomic mass is 9.35. The summed E-state index contributed by atoms with van der Waals surface area (Å²) in [6.07, 6.45) is 15.3. The maximum absolute atomic E-state index is 13.0. The van der Waals surface area contributed by atoms with Gasteiger partial charge in [-0.1, -0.05) is 52.3 Å². The molecule has 1 aromatic rings. The number of aliphatic hydroxyl groups excluding tert-OH is 1. The Morgan fingerprint density at radius 3 is 2.36 bits per heavy atom. The molecule has 0 aliphatic heterocycles. The smallest absolute Gasteiger partial charge is 0.331 e. The Hall–Kier alpha value is -2.31. The van der Waals surface area contributed by atoms with E-state index in [9.17, 15) is 25.2 Å². The fourth-order valence-corrected chi connectivity index (χ4v) is 11.5. The van der Waals surface area contributed by atoms with Gasteiger partial charge in [0, 0.05) is 11.5 Å². The predicted molar refractivity (Wildman–Crippen MR) is 178 cm³/mol. The SMILES string of the molecule is CC(=CCCC(C)(O)C1CCC2(C)C1CCC1C3(C)CCC(OC(=O)C=Cc4ccc(O)c(O)c4)C(C)(C)C3CCC12C)CO. The van der Waals surface area contributed by atoms with Crippen molar-refractivity contribution in [2.45, 2.75) is 124 Å². The molecule has 4 aliphatic rings. The van der Waals surface area contributed by atoms with Crippen molar-refractivity contribution in [2.24, 2.45) is 45.3 Å². The van der Waals surface area contributed by atoms with Gasteiger partial charge in [0.25, 0.3) is 0 Å². The Kier molecular flexibility index (Phi) is 9.11. The fourth-order valence-electron chi connectivity index (χ4n) is 11.5.